The molecule has 8 heteroatoms. The molecule has 0 atom stereocenters. The van der Waals surface area contributed by atoms with Gasteiger partial charge in [0, 0.05) is 19.9 Å². The van der Waals surface area contributed by atoms with E-state index in [0.717, 1.165) is 6.20 Å². The molecule has 0 saturated carbocycles. The number of anilines is 2. The molecule has 0 bridgehead atoms. The number of aryl methyl sites for hydroxylation is 1. The summed E-state index contributed by atoms with van der Waals surface area (Å²) in [5.41, 5.74) is 5.35. The SMILES string of the molecule is Cc1nc(CCNc2nc(N)ncc2F)no1. The quantitative estimate of drug-likeness (QED) is 0.801. The summed E-state index contributed by atoms with van der Waals surface area (Å²) in [5, 5.41) is 6.49. The first-order valence-electron chi connectivity index (χ1n) is 4.96. The van der Waals surface area contributed by atoms with Crippen molar-refractivity contribution in [3.05, 3.63) is 23.7 Å². The Morgan fingerprint density at radius 3 is 3.00 bits per heavy atom. The Labute approximate surface area is 96.3 Å². The van der Waals surface area contributed by atoms with Crippen molar-refractivity contribution in [3.63, 3.8) is 0 Å². The van der Waals surface area contributed by atoms with Crippen molar-refractivity contribution in [2.45, 2.75) is 13.3 Å². The molecule has 0 aliphatic rings. The van der Waals surface area contributed by atoms with Gasteiger partial charge >= 0.3 is 0 Å². The summed E-state index contributed by atoms with van der Waals surface area (Å²) in [5.74, 6) is 0.584. The summed E-state index contributed by atoms with van der Waals surface area (Å²) < 4.78 is 18.0. The van der Waals surface area contributed by atoms with E-state index in [9.17, 15) is 4.39 Å². The summed E-state index contributed by atoms with van der Waals surface area (Å²) in [6, 6.07) is 0. The number of nitrogens with one attached hydrogen (secondary N) is 1. The van der Waals surface area contributed by atoms with Crippen LogP contribution in [0.25, 0.3) is 0 Å². The zero-order chi connectivity index (χ0) is 12.3. The van der Waals surface area contributed by atoms with Gasteiger partial charge in [0.25, 0.3) is 0 Å². The molecule has 0 fully saturated rings. The number of nitrogen functional groups attached to an aromatic ring is 1. The van der Waals surface area contributed by atoms with Gasteiger partial charge in [0.15, 0.2) is 17.5 Å². The molecule has 90 valence electrons. The van der Waals surface area contributed by atoms with E-state index >= 15 is 0 Å². The summed E-state index contributed by atoms with van der Waals surface area (Å²) in [6.07, 6.45) is 1.52. The van der Waals surface area contributed by atoms with Gasteiger partial charge in [-0.05, 0) is 0 Å². The molecular weight excluding hydrogens is 227 g/mol. The second-order valence-electron chi connectivity index (χ2n) is 3.33. The van der Waals surface area contributed by atoms with Gasteiger partial charge in [-0.1, -0.05) is 5.16 Å². The Hall–Kier alpha value is -2.25. The lowest BCUT2D eigenvalue weighted by Gasteiger charge is -2.04. The van der Waals surface area contributed by atoms with E-state index in [2.05, 4.69) is 25.4 Å². The standard InChI is InChI=1S/C9H11FN6O/c1-5-14-7(16-17-5)2-3-12-8-6(10)4-13-9(11)15-8/h4H,2-3H2,1H3,(H3,11,12,13,15). The minimum Gasteiger partial charge on any atom is -0.368 e. The first-order valence-corrected chi connectivity index (χ1v) is 4.96. The largest absolute Gasteiger partial charge is 0.368 e. The van der Waals surface area contributed by atoms with Crippen LogP contribution < -0.4 is 11.1 Å². The molecule has 0 amide bonds. The van der Waals surface area contributed by atoms with Gasteiger partial charge in [-0.2, -0.15) is 9.97 Å². The van der Waals surface area contributed by atoms with Crippen LogP contribution in [0.3, 0.4) is 0 Å². The zero-order valence-electron chi connectivity index (χ0n) is 9.14. The number of rotatable bonds is 4. The van der Waals surface area contributed by atoms with Crippen molar-refractivity contribution >= 4 is 11.8 Å². The summed E-state index contributed by atoms with van der Waals surface area (Å²) in [4.78, 5) is 11.3. The van der Waals surface area contributed by atoms with Crippen LogP contribution in [0.5, 0.6) is 0 Å². The highest BCUT2D eigenvalue weighted by molar-refractivity contribution is 5.39. The van der Waals surface area contributed by atoms with E-state index < -0.39 is 5.82 Å². The zero-order valence-corrected chi connectivity index (χ0v) is 9.14. The molecule has 0 saturated heterocycles. The second-order valence-corrected chi connectivity index (χ2v) is 3.33. The molecule has 0 aliphatic heterocycles. The van der Waals surface area contributed by atoms with Crippen LogP contribution in [0.4, 0.5) is 16.2 Å². The van der Waals surface area contributed by atoms with E-state index in [0.29, 0.717) is 24.7 Å². The van der Waals surface area contributed by atoms with Crippen LogP contribution in [-0.4, -0.2) is 26.7 Å². The fraction of sp³-hybridized carbons (Fsp3) is 0.333. The van der Waals surface area contributed by atoms with Crippen molar-refractivity contribution in [2.75, 3.05) is 17.6 Å². The van der Waals surface area contributed by atoms with Crippen molar-refractivity contribution in [3.8, 4) is 0 Å². The number of nitrogens with zero attached hydrogens (tertiary/aromatic N) is 4. The van der Waals surface area contributed by atoms with E-state index in [1.54, 1.807) is 6.92 Å². The van der Waals surface area contributed by atoms with E-state index in [1.807, 2.05) is 0 Å². The fourth-order valence-electron chi connectivity index (χ4n) is 1.24. The first-order chi connectivity index (χ1) is 8.15. The Balaban J connectivity index is 1.91. The van der Waals surface area contributed by atoms with Crippen molar-refractivity contribution in [1.82, 2.24) is 20.1 Å². The van der Waals surface area contributed by atoms with E-state index in [4.69, 9.17) is 10.3 Å². The first kappa shape index (κ1) is 11.2. The Bertz CT molecular complexity index is 514. The molecule has 0 unspecified atom stereocenters. The third-order valence-corrected chi connectivity index (χ3v) is 1.97. The van der Waals surface area contributed by atoms with Gasteiger partial charge in [0.05, 0.1) is 6.20 Å². The van der Waals surface area contributed by atoms with E-state index in [1.165, 1.54) is 0 Å². The van der Waals surface area contributed by atoms with Crippen LogP contribution in [0.1, 0.15) is 11.7 Å². The minimum atomic E-state index is -0.552. The molecule has 0 aliphatic carbocycles. The molecule has 0 spiro atoms. The maximum atomic E-state index is 13.2. The highest BCUT2D eigenvalue weighted by Gasteiger charge is 2.06. The molecule has 3 N–H and O–H groups in total. The minimum absolute atomic E-state index is 0.0179. The fourth-order valence-corrected chi connectivity index (χ4v) is 1.24. The second kappa shape index (κ2) is 4.73. The van der Waals surface area contributed by atoms with Gasteiger partial charge < -0.3 is 15.6 Å². The predicted molar refractivity (Wildman–Crippen MR) is 57.6 cm³/mol. The molecule has 0 radical (unpaired) electrons. The summed E-state index contributed by atoms with van der Waals surface area (Å²) in [6.45, 7) is 2.13. The number of halogens is 1. The van der Waals surface area contributed by atoms with Gasteiger partial charge in [-0.25, -0.2) is 9.37 Å². The normalized spacial score (nSPS) is 10.5. The van der Waals surface area contributed by atoms with Crippen LogP contribution in [-0.2, 0) is 6.42 Å². The third-order valence-electron chi connectivity index (χ3n) is 1.97. The Morgan fingerprint density at radius 2 is 2.29 bits per heavy atom. The van der Waals surface area contributed by atoms with Gasteiger partial charge in [-0.15, -0.1) is 0 Å². The van der Waals surface area contributed by atoms with Crippen molar-refractivity contribution < 1.29 is 8.91 Å². The monoisotopic (exact) mass is 238 g/mol. The molecule has 17 heavy (non-hydrogen) atoms. The van der Waals surface area contributed by atoms with Gasteiger partial charge in [0.2, 0.25) is 11.8 Å². The summed E-state index contributed by atoms with van der Waals surface area (Å²) in [7, 11) is 0. The predicted octanol–water partition coefficient (Wildman–Crippen LogP) is 0.544. The van der Waals surface area contributed by atoms with Gasteiger partial charge in [0.1, 0.15) is 0 Å². The highest BCUT2D eigenvalue weighted by Crippen LogP contribution is 2.09. The lowest BCUT2D eigenvalue weighted by atomic mass is 10.4. The van der Waals surface area contributed by atoms with Crippen LogP contribution >= 0.6 is 0 Å². The van der Waals surface area contributed by atoms with Gasteiger partial charge in [-0.3, -0.25) is 0 Å². The Morgan fingerprint density at radius 1 is 1.47 bits per heavy atom. The summed E-state index contributed by atoms with van der Waals surface area (Å²) >= 11 is 0. The average molecular weight is 238 g/mol. The molecule has 2 aromatic rings. The number of hydrogen-bond donors (Lipinski definition) is 2. The van der Waals surface area contributed by atoms with Crippen molar-refractivity contribution in [1.29, 1.82) is 0 Å². The average Bonchev–Trinajstić information content (AvgIpc) is 2.69. The number of nitrogens with two attached hydrogens (primary N) is 1. The molecule has 0 aromatic carbocycles. The topological polar surface area (TPSA) is 103 Å². The van der Waals surface area contributed by atoms with Crippen LogP contribution in [0, 0.1) is 12.7 Å². The molecule has 2 aromatic heterocycles. The molecule has 2 heterocycles. The number of aromatic nitrogens is 4. The Kier molecular flexibility index (Phi) is 3.12. The maximum absolute atomic E-state index is 13.2. The molecular formula is C9H11FN6O. The maximum Gasteiger partial charge on any atom is 0.223 e. The third kappa shape index (κ3) is 2.86. The smallest absolute Gasteiger partial charge is 0.223 e. The lowest BCUT2D eigenvalue weighted by molar-refractivity contribution is 0.387. The van der Waals surface area contributed by atoms with Crippen LogP contribution in [0.15, 0.2) is 10.7 Å². The van der Waals surface area contributed by atoms with Crippen LogP contribution in [0.2, 0.25) is 0 Å². The van der Waals surface area contributed by atoms with E-state index in [-0.39, 0.29) is 11.8 Å². The molecule has 7 nitrogen and oxygen atoms in total. The number of hydrogen-bond acceptors (Lipinski definition) is 7. The van der Waals surface area contributed by atoms with Crippen molar-refractivity contribution in [2.24, 2.45) is 0 Å². The lowest BCUT2D eigenvalue weighted by Crippen LogP contribution is -2.10. The highest BCUT2D eigenvalue weighted by atomic mass is 19.1. The molecule has 2 rings (SSSR count).